The zero-order valence-electron chi connectivity index (χ0n) is 16.1. The van der Waals surface area contributed by atoms with E-state index in [1.54, 1.807) is 7.11 Å². The number of carbonyl (C=O) groups excluding carboxylic acids is 1. The number of urea groups is 1. The predicted octanol–water partition coefficient (Wildman–Crippen LogP) is 3.84. The Hall–Kier alpha value is -2.89. The summed E-state index contributed by atoms with van der Waals surface area (Å²) in [6.07, 6.45) is 0.126. The zero-order chi connectivity index (χ0) is 19.2. The quantitative estimate of drug-likeness (QED) is 0.870. The first-order valence-corrected chi connectivity index (χ1v) is 9.27. The van der Waals surface area contributed by atoms with Gasteiger partial charge in [-0.05, 0) is 38.1 Å². The van der Waals surface area contributed by atoms with E-state index in [9.17, 15) is 4.79 Å². The molecule has 0 saturated carbocycles. The number of hydrogen-bond donors (Lipinski definition) is 1. The average molecular weight is 369 g/mol. The molecule has 144 valence electrons. The van der Waals surface area contributed by atoms with Gasteiger partial charge >= 0.3 is 6.03 Å². The number of methoxy groups -OCH3 is 1. The molecule has 0 bridgehead atoms. The largest absolute Gasteiger partial charge is 0.497 e. The van der Waals surface area contributed by atoms with Crippen LogP contribution in [0.5, 0.6) is 11.5 Å². The number of rotatable bonds is 5. The molecule has 0 atom stereocenters. The van der Waals surface area contributed by atoms with Crippen molar-refractivity contribution in [1.29, 1.82) is 0 Å². The second-order valence-corrected chi connectivity index (χ2v) is 6.77. The van der Waals surface area contributed by atoms with Crippen LogP contribution >= 0.6 is 0 Å². The summed E-state index contributed by atoms with van der Waals surface area (Å²) in [4.78, 5) is 16.7. The fraction of sp³-hybridized carbons (Fsp3) is 0.381. The Morgan fingerprint density at radius 2 is 1.78 bits per heavy atom. The minimum atomic E-state index is -0.0883. The van der Waals surface area contributed by atoms with Crippen molar-refractivity contribution in [1.82, 2.24) is 4.90 Å². The highest BCUT2D eigenvalue weighted by molar-refractivity contribution is 5.89. The van der Waals surface area contributed by atoms with Gasteiger partial charge < -0.3 is 24.6 Å². The van der Waals surface area contributed by atoms with E-state index in [-0.39, 0.29) is 12.1 Å². The van der Waals surface area contributed by atoms with E-state index >= 15 is 0 Å². The van der Waals surface area contributed by atoms with Crippen molar-refractivity contribution in [2.75, 3.05) is 43.5 Å². The molecule has 2 aromatic rings. The molecule has 0 spiro atoms. The minimum Gasteiger partial charge on any atom is -0.497 e. The fourth-order valence-corrected chi connectivity index (χ4v) is 3.13. The molecule has 0 aliphatic carbocycles. The lowest BCUT2D eigenvalue weighted by atomic mass is 10.2. The second kappa shape index (κ2) is 8.66. The molecule has 1 saturated heterocycles. The number of nitrogens with zero attached hydrogens (tertiary/aromatic N) is 2. The summed E-state index contributed by atoms with van der Waals surface area (Å²) in [6.45, 7) is 6.90. The van der Waals surface area contributed by atoms with Gasteiger partial charge in [0, 0.05) is 37.9 Å². The zero-order valence-corrected chi connectivity index (χ0v) is 16.1. The third-order valence-corrected chi connectivity index (χ3v) is 4.46. The number of hydrogen-bond acceptors (Lipinski definition) is 4. The maximum atomic E-state index is 12.6. The Morgan fingerprint density at radius 1 is 1.04 bits per heavy atom. The summed E-state index contributed by atoms with van der Waals surface area (Å²) in [6, 6.07) is 15.4. The number of ether oxygens (including phenoxy) is 2. The molecule has 0 unspecified atom stereocenters. The first-order chi connectivity index (χ1) is 13.1. The number of para-hydroxylation sites is 2. The normalized spacial score (nSPS) is 14.2. The molecule has 1 N–H and O–H groups in total. The Balaban J connectivity index is 1.59. The topological polar surface area (TPSA) is 54.0 Å². The lowest BCUT2D eigenvalue weighted by Crippen LogP contribution is -2.50. The number of piperazine rings is 1. The highest BCUT2D eigenvalue weighted by Gasteiger charge is 2.23. The highest BCUT2D eigenvalue weighted by atomic mass is 16.5. The summed E-state index contributed by atoms with van der Waals surface area (Å²) in [5.41, 5.74) is 1.82. The van der Waals surface area contributed by atoms with E-state index in [2.05, 4.69) is 16.3 Å². The van der Waals surface area contributed by atoms with E-state index in [1.165, 1.54) is 0 Å². The molecule has 6 nitrogen and oxygen atoms in total. The third kappa shape index (κ3) is 4.84. The SMILES string of the molecule is COc1cccc(NC(=O)N2CCN(c3ccccc3OC(C)C)CC2)c1. The van der Waals surface area contributed by atoms with Crippen LogP contribution in [0.25, 0.3) is 0 Å². The average Bonchev–Trinajstić information content (AvgIpc) is 2.68. The maximum Gasteiger partial charge on any atom is 0.321 e. The monoisotopic (exact) mass is 369 g/mol. The minimum absolute atomic E-state index is 0.0883. The van der Waals surface area contributed by atoms with Crippen LogP contribution in [0.1, 0.15) is 13.8 Å². The lowest BCUT2D eigenvalue weighted by Gasteiger charge is -2.36. The summed E-state index contributed by atoms with van der Waals surface area (Å²) < 4.78 is 11.1. The molecular weight excluding hydrogens is 342 g/mol. The van der Waals surface area contributed by atoms with Crippen molar-refractivity contribution < 1.29 is 14.3 Å². The molecule has 27 heavy (non-hydrogen) atoms. The number of carbonyl (C=O) groups is 1. The molecule has 1 fully saturated rings. The van der Waals surface area contributed by atoms with Gasteiger partial charge in [0.25, 0.3) is 0 Å². The van der Waals surface area contributed by atoms with Crippen LogP contribution in [0.15, 0.2) is 48.5 Å². The van der Waals surface area contributed by atoms with Crippen LogP contribution in [0, 0.1) is 0 Å². The molecule has 3 rings (SSSR count). The summed E-state index contributed by atoms with van der Waals surface area (Å²) in [5.74, 6) is 1.61. The van der Waals surface area contributed by atoms with Crippen molar-refractivity contribution in [2.24, 2.45) is 0 Å². The summed E-state index contributed by atoms with van der Waals surface area (Å²) in [5, 5.41) is 2.94. The maximum absolute atomic E-state index is 12.6. The smallest absolute Gasteiger partial charge is 0.321 e. The fourth-order valence-electron chi connectivity index (χ4n) is 3.13. The van der Waals surface area contributed by atoms with Crippen LogP contribution in [0.3, 0.4) is 0 Å². The highest BCUT2D eigenvalue weighted by Crippen LogP contribution is 2.29. The van der Waals surface area contributed by atoms with Crippen LogP contribution in [0.4, 0.5) is 16.2 Å². The van der Waals surface area contributed by atoms with Gasteiger partial charge in [-0.2, -0.15) is 0 Å². The van der Waals surface area contributed by atoms with Crippen LogP contribution < -0.4 is 19.7 Å². The van der Waals surface area contributed by atoms with Gasteiger partial charge in [-0.15, -0.1) is 0 Å². The van der Waals surface area contributed by atoms with Gasteiger partial charge in [-0.25, -0.2) is 4.79 Å². The Bertz CT molecular complexity index is 771. The first-order valence-electron chi connectivity index (χ1n) is 9.27. The van der Waals surface area contributed by atoms with E-state index in [1.807, 2.05) is 61.2 Å². The Labute approximate surface area is 160 Å². The van der Waals surface area contributed by atoms with Gasteiger partial charge in [0.2, 0.25) is 0 Å². The Kier molecular flexibility index (Phi) is 6.06. The third-order valence-electron chi connectivity index (χ3n) is 4.46. The van der Waals surface area contributed by atoms with Crippen LogP contribution in [0.2, 0.25) is 0 Å². The van der Waals surface area contributed by atoms with Gasteiger partial charge in [0.1, 0.15) is 11.5 Å². The van der Waals surface area contributed by atoms with Crippen molar-refractivity contribution in [2.45, 2.75) is 20.0 Å². The second-order valence-electron chi connectivity index (χ2n) is 6.77. The van der Waals surface area contributed by atoms with Crippen molar-refractivity contribution in [3.05, 3.63) is 48.5 Å². The summed E-state index contributed by atoms with van der Waals surface area (Å²) >= 11 is 0. The number of amides is 2. The molecular formula is C21H27N3O3. The number of anilines is 2. The van der Waals surface area contributed by atoms with E-state index in [4.69, 9.17) is 9.47 Å². The van der Waals surface area contributed by atoms with Crippen molar-refractivity contribution >= 4 is 17.4 Å². The van der Waals surface area contributed by atoms with Gasteiger partial charge in [0.05, 0.1) is 18.9 Å². The molecule has 1 aliphatic rings. The molecule has 2 aromatic carbocycles. The first kappa shape index (κ1) is 18.9. The molecule has 6 heteroatoms. The molecule has 1 aliphatic heterocycles. The number of benzene rings is 2. The van der Waals surface area contributed by atoms with Crippen LogP contribution in [-0.4, -0.2) is 50.3 Å². The van der Waals surface area contributed by atoms with Gasteiger partial charge in [-0.1, -0.05) is 18.2 Å². The molecule has 0 radical (unpaired) electrons. The van der Waals surface area contributed by atoms with E-state index in [0.717, 1.165) is 36.0 Å². The predicted molar refractivity (Wildman–Crippen MR) is 108 cm³/mol. The Morgan fingerprint density at radius 3 is 2.48 bits per heavy atom. The van der Waals surface area contributed by atoms with Gasteiger partial charge in [-0.3, -0.25) is 0 Å². The standard InChI is InChI=1S/C21H27N3O3/c1-16(2)27-20-10-5-4-9-19(20)23-11-13-24(14-12-23)21(25)22-17-7-6-8-18(15-17)26-3/h4-10,15-16H,11-14H2,1-3H3,(H,22,25). The van der Waals surface area contributed by atoms with E-state index in [0.29, 0.717) is 13.1 Å². The number of nitrogens with one attached hydrogen (secondary N) is 1. The molecule has 1 heterocycles. The van der Waals surface area contributed by atoms with Crippen LogP contribution in [-0.2, 0) is 0 Å². The summed E-state index contributed by atoms with van der Waals surface area (Å²) in [7, 11) is 1.61. The lowest BCUT2D eigenvalue weighted by molar-refractivity contribution is 0.207. The van der Waals surface area contributed by atoms with E-state index < -0.39 is 0 Å². The molecule has 2 amide bonds. The van der Waals surface area contributed by atoms with Crippen molar-refractivity contribution in [3.63, 3.8) is 0 Å². The van der Waals surface area contributed by atoms with Crippen molar-refractivity contribution in [3.8, 4) is 11.5 Å². The van der Waals surface area contributed by atoms with Gasteiger partial charge in [0.15, 0.2) is 0 Å². The molecule has 0 aromatic heterocycles.